The summed E-state index contributed by atoms with van der Waals surface area (Å²) in [6.45, 7) is 2.91. The molecule has 2 rings (SSSR count). The van der Waals surface area contributed by atoms with Crippen molar-refractivity contribution in [3.8, 4) is 5.75 Å². The zero-order chi connectivity index (χ0) is 19.2. The van der Waals surface area contributed by atoms with E-state index in [1.165, 1.54) is 16.7 Å². The number of rotatable bonds is 7. The van der Waals surface area contributed by atoms with Crippen molar-refractivity contribution in [2.45, 2.75) is 29.3 Å². The number of nitrogens with one attached hydrogen (secondary N) is 2. The van der Waals surface area contributed by atoms with E-state index in [1.54, 1.807) is 26.2 Å². The van der Waals surface area contributed by atoms with E-state index >= 15 is 0 Å². The van der Waals surface area contributed by atoms with Crippen LogP contribution in [-0.4, -0.2) is 68.1 Å². The van der Waals surface area contributed by atoms with Crippen LogP contribution in [0.25, 0.3) is 0 Å². The van der Waals surface area contributed by atoms with Gasteiger partial charge in [0.25, 0.3) is 0 Å². The van der Waals surface area contributed by atoms with E-state index in [4.69, 9.17) is 4.74 Å². The number of thioether (sulfide) groups is 1. The minimum atomic E-state index is -4.38. The first kappa shape index (κ1) is 23.9. The molecule has 2 unspecified atom stereocenters. The standard InChI is InChI=1S/C17H24F3N3O2S.ClH/c1-12(26-14-5-3-13(25-2)4-6-14)16(24)22-11-15(17(18,19)20)23-9-7-21-8-10-23;/h3-6,12,15,21H,7-11H2,1-2H3,(H,22,24);1H. The first-order chi connectivity index (χ1) is 12.3. The van der Waals surface area contributed by atoms with E-state index in [-0.39, 0.29) is 12.4 Å². The maximum atomic E-state index is 13.3. The van der Waals surface area contributed by atoms with Crippen LogP contribution in [0, 0.1) is 0 Å². The van der Waals surface area contributed by atoms with Crippen LogP contribution in [-0.2, 0) is 4.79 Å². The van der Waals surface area contributed by atoms with Gasteiger partial charge in [0.15, 0.2) is 0 Å². The molecule has 1 aliphatic heterocycles. The SMILES string of the molecule is COc1ccc(SC(C)C(=O)NCC(N2CCNCC2)C(F)(F)F)cc1.Cl. The molecule has 0 aromatic heterocycles. The highest BCUT2D eigenvalue weighted by Crippen LogP contribution is 2.27. The molecule has 2 atom stereocenters. The summed E-state index contributed by atoms with van der Waals surface area (Å²) in [5.74, 6) is 0.297. The number of ether oxygens (including phenoxy) is 1. The van der Waals surface area contributed by atoms with E-state index in [0.29, 0.717) is 31.9 Å². The van der Waals surface area contributed by atoms with E-state index in [2.05, 4.69) is 10.6 Å². The maximum Gasteiger partial charge on any atom is 0.405 e. The van der Waals surface area contributed by atoms with E-state index in [0.717, 1.165) is 4.90 Å². The number of hydrogen-bond acceptors (Lipinski definition) is 5. The largest absolute Gasteiger partial charge is 0.497 e. The number of benzene rings is 1. The van der Waals surface area contributed by atoms with Crippen molar-refractivity contribution in [3.63, 3.8) is 0 Å². The van der Waals surface area contributed by atoms with Gasteiger partial charge in [0.2, 0.25) is 5.91 Å². The van der Waals surface area contributed by atoms with Crippen molar-refractivity contribution in [2.75, 3.05) is 39.8 Å². The topological polar surface area (TPSA) is 53.6 Å². The molecular weight excluding hydrogens is 403 g/mol. The number of piperazine rings is 1. The molecule has 1 fully saturated rings. The maximum absolute atomic E-state index is 13.3. The first-order valence-corrected chi connectivity index (χ1v) is 9.29. The molecule has 5 nitrogen and oxygen atoms in total. The molecule has 1 amide bonds. The third kappa shape index (κ3) is 7.40. The summed E-state index contributed by atoms with van der Waals surface area (Å²) in [4.78, 5) is 14.5. The number of methoxy groups -OCH3 is 1. The third-order valence-corrected chi connectivity index (χ3v) is 5.29. The molecule has 10 heteroatoms. The van der Waals surface area contributed by atoms with Gasteiger partial charge in [-0.25, -0.2) is 0 Å². The molecule has 1 aliphatic rings. The Labute approximate surface area is 167 Å². The van der Waals surface area contributed by atoms with Crippen molar-refractivity contribution < 1.29 is 22.7 Å². The van der Waals surface area contributed by atoms with Crippen molar-refractivity contribution in [2.24, 2.45) is 0 Å². The fraction of sp³-hybridized carbons (Fsp3) is 0.588. The number of halogens is 4. The monoisotopic (exact) mass is 427 g/mol. The quantitative estimate of drug-likeness (QED) is 0.655. The van der Waals surface area contributed by atoms with Crippen molar-refractivity contribution in [3.05, 3.63) is 24.3 Å². The average Bonchev–Trinajstić information content (AvgIpc) is 2.62. The van der Waals surface area contributed by atoms with Gasteiger partial charge in [0.1, 0.15) is 11.8 Å². The Bertz CT molecular complexity index is 584. The minimum Gasteiger partial charge on any atom is -0.497 e. The summed E-state index contributed by atoms with van der Waals surface area (Å²) in [5, 5.41) is 4.99. The molecule has 0 saturated carbocycles. The summed E-state index contributed by atoms with van der Waals surface area (Å²) in [5.41, 5.74) is 0. The highest BCUT2D eigenvalue weighted by Gasteiger charge is 2.43. The molecule has 1 aromatic carbocycles. The highest BCUT2D eigenvalue weighted by atomic mass is 35.5. The molecular formula is C17H25ClF3N3O2S. The zero-order valence-electron chi connectivity index (χ0n) is 15.2. The second-order valence-electron chi connectivity index (χ2n) is 6.02. The first-order valence-electron chi connectivity index (χ1n) is 8.41. The Morgan fingerprint density at radius 2 is 1.89 bits per heavy atom. The van der Waals surface area contributed by atoms with Crippen LogP contribution in [0.2, 0.25) is 0 Å². The van der Waals surface area contributed by atoms with E-state index in [9.17, 15) is 18.0 Å². The molecule has 2 N–H and O–H groups in total. The van der Waals surface area contributed by atoms with Gasteiger partial charge in [-0.3, -0.25) is 9.69 Å². The van der Waals surface area contributed by atoms with E-state index in [1.807, 2.05) is 12.1 Å². The molecule has 0 aliphatic carbocycles. The predicted octanol–water partition coefficient (Wildman–Crippen LogP) is 2.55. The van der Waals surface area contributed by atoms with Gasteiger partial charge in [-0.05, 0) is 31.2 Å². The number of amides is 1. The number of hydrogen-bond donors (Lipinski definition) is 2. The molecule has 1 saturated heterocycles. The van der Waals surface area contributed by atoms with Crippen molar-refractivity contribution >= 4 is 30.1 Å². The van der Waals surface area contributed by atoms with Gasteiger partial charge >= 0.3 is 6.18 Å². The third-order valence-electron chi connectivity index (χ3n) is 4.18. The Balaban J connectivity index is 0.00000364. The highest BCUT2D eigenvalue weighted by molar-refractivity contribution is 8.00. The lowest BCUT2D eigenvalue weighted by molar-refractivity contribution is -0.184. The Morgan fingerprint density at radius 3 is 2.41 bits per heavy atom. The fourth-order valence-electron chi connectivity index (χ4n) is 2.70. The Morgan fingerprint density at radius 1 is 1.30 bits per heavy atom. The Hall–Kier alpha value is -1.16. The van der Waals surface area contributed by atoms with Gasteiger partial charge in [0, 0.05) is 37.6 Å². The molecule has 0 spiro atoms. The van der Waals surface area contributed by atoms with Crippen LogP contribution in [0.4, 0.5) is 13.2 Å². The van der Waals surface area contributed by atoms with Gasteiger partial charge < -0.3 is 15.4 Å². The van der Waals surface area contributed by atoms with Crippen LogP contribution >= 0.6 is 24.2 Å². The summed E-state index contributed by atoms with van der Waals surface area (Å²) >= 11 is 1.29. The second-order valence-corrected chi connectivity index (χ2v) is 7.44. The number of carbonyl (C=O) groups excluding carboxylic acids is 1. The number of alkyl halides is 3. The van der Waals surface area contributed by atoms with Crippen molar-refractivity contribution in [1.29, 1.82) is 0 Å². The molecule has 1 aromatic rings. The van der Waals surface area contributed by atoms with Gasteiger partial charge in [-0.1, -0.05) is 0 Å². The molecule has 154 valence electrons. The van der Waals surface area contributed by atoms with Crippen molar-refractivity contribution in [1.82, 2.24) is 15.5 Å². The predicted molar refractivity (Wildman–Crippen MR) is 103 cm³/mol. The molecule has 0 bridgehead atoms. The van der Waals surface area contributed by atoms with Crippen LogP contribution in [0.5, 0.6) is 5.75 Å². The lowest BCUT2D eigenvalue weighted by atomic mass is 10.2. The van der Waals surface area contributed by atoms with Gasteiger partial charge in [-0.15, -0.1) is 24.2 Å². The number of nitrogens with zero attached hydrogens (tertiary/aromatic N) is 1. The van der Waals surface area contributed by atoms with Crippen LogP contribution in [0.1, 0.15) is 6.92 Å². The Kier molecular flexibility index (Phi) is 9.72. The summed E-state index contributed by atoms with van der Waals surface area (Å²) < 4.78 is 45.1. The molecule has 1 heterocycles. The van der Waals surface area contributed by atoms with Gasteiger partial charge in [0.05, 0.1) is 12.4 Å². The molecule has 0 radical (unpaired) electrons. The summed E-state index contributed by atoms with van der Waals surface area (Å²) in [6, 6.07) is 5.51. The normalized spacial score (nSPS) is 17.5. The smallest absolute Gasteiger partial charge is 0.405 e. The second kappa shape index (κ2) is 11.0. The lowest BCUT2D eigenvalue weighted by Gasteiger charge is -2.36. The summed E-state index contributed by atoms with van der Waals surface area (Å²) in [7, 11) is 1.56. The van der Waals surface area contributed by atoms with E-state index < -0.39 is 29.9 Å². The van der Waals surface area contributed by atoms with Gasteiger partial charge in [-0.2, -0.15) is 13.2 Å². The summed E-state index contributed by atoms with van der Waals surface area (Å²) in [6.07, 6.45) is -4.38. The zero-order valence-corrected chi connectivity index (χ0v) is 16.8. The van der Waals surface area contributed by atoms with Crippen LogP contribution < -0.4 is 15.4 Å². The average molecular weight is 428 g/mol. The number of carbonyl (C=O) groups is 1. The van der Waals surface area contributed by atoms with Crippen LogP contribution in [0.15, 0.2) is 29.2 Å². The molecule has 27 heavy (non-hydrogen) atoms. The van der Waals surface area contributed by atoms with Crippen LogP contribution in [0.3, 0.4) is 0 Å². The lowest BCUT2D eigenvalue weighted by Crippen LogP contribution is -2.57. The fourth-order valence-corrected chi connectivity index (χ4v) is 3.59. The minimum absolute atomic E-state index is 0.